The standard InChI is InChI=1S/C35H37NO4/c37-34(38)23-11-15-28-13-10-14-29(27-28)16-12-25-36(35(39)40-32-21-8-3-9-22-32)26-24-33(30-17-4-1-5-18-30)31-19-6-2-7-20-31/h1-10,13-14,17-22,27,33H,11-12,15-16,23-26H2,(H,37,38). The summed E-state index contributed by atoms with van der Waals surface area (Å²) in [6.45, 7) is 1.14. The molecule has 0 fully saturated rings. The van der Waals surface area contributed by atoms with Crippen LogP contribution in [0.15, 0.2) is 115 Å². The largest absolute Gasteiger partial charge is 0.481 e. The van der Waals surface area contributed by atoms with E-state index in [0.29, 0.717) is 25.3 Å². The Hall–Kier alpha value is -4.38. The summed E-state index contributed by atoms with van der Waals surface area (Å²) in [5.74, 6) is -0.0634. The summed E-state index contributed by atoms with van der Waals surface area (Å²) in [6, 6.07) is 38.4. The van der Waals surface area contributed by atoms with Crippen molar-refractivity contribution in [2.45, 2.75) is 44.4 Å². The van der Waals surface area contributed by atoms with Crippen molar-refractivity contribution in [2.24, 2.45) is 0 Å². The Morgan fingerprint density at radius 3 is 1.80 bits per heavy atom. The predicted octanol–water partition coefficient (Wildman–Crippen LogP) is 7.75. The maximum absolute atomic E-state index is 13.3. The minimum absolute atomic E-state index is 0.164. The molecule has 5 nitrogen and oxygen atoms in total. The summed E-state index contributed by atoms with van der Waals surface area (Å²) in [7, 11) is 0. The lowest BCUT2D eigenvalue weighted by Gasteiger charge is -2.25. The average molecular weight is 536 g/mol. The lowest BCUT2D eigenvalue weighted by molar-refractivity contribution is -0.137. The number of hydrogen-bond acceptors (Lipinski definition) is 3. The van der Waals surface area contributed by atoms with Crippen LogP contribution in [0.2, 0.25) is 0 Å². The van der Waals surface area contributed by atoms with Gasteiger partial charge < -0.3 is 14.7 Å². The summed E-state index contributed by atoms with van der Waals surface area (Å²) in [6.07, 6.45) is 3.60. The normalized spacial score (nSPS) is 10.8. The van der Waals surface area contributed by atoms with Gasteiger partial charge in [0.2, 0.25) is 0 Å². The van der Waals surface area contributed by atoms with Crippen molar-refractivity contribution in [3.63, 3.8) is 0 Å². The monoisotopic (exact) mass is 535 g/mol. The van der Waals surface area contributed by atoms with E-state index in [4.69, 9.17) is 9.84 Å². The van der Waals surface area contributed by atoms with Gasteiger partial charge in [0.1, 0.15) is 5.75 Å². The van der Waals surface area contributed by atoms with Crippen LogP contribution in [0.1, 0.15) is 53.9 Å². The van der Waals surface area contributed by atoms with E-state index < -0.39 is 5.97 Å². The number of amides is 1. The molecule has 206 valence electrons. The van der Waals surface area contributed by atoms with Crippen molar-refractivity contribution in [3.8, 4) is 5.75 Å². The van der Waals surface area contributed by atoms with E-state index in [1.807, 2.05) is 47.4 Å². The molecule has 4 aromatic rings. The quantitative estimate of drug-likeness (QED) is 0.179. The molecule has 0 heterocycles. The lowest BCUT2D eigenvalue weighted by atomic mass is 9.88. The SMILES string of the molecule is O=C(O)CCCc1cccc(CCCN(CCC(c2ccccc2)c2ccccc2)C(=O)Oc2ccccc2)c1. The van der Waals surface area contributed by atoms with E-state index in [0.717, 1.165) is 31.2 Å². The number of para-hydroxylation sites is 1. The van der Waals surface area contributed by atoms with E-state index in [2.05, 4.69) is 60.7 Å². The molecule has 0 aliphatic rings. The molecular weight excluding hydrogens is 498 g/mol. The average Bonchev–Trinajstić information content (AvgIpc) is 2.98. The first-order chi connectivity index (χ1) is 19.6. The zero-order valence-corrected chi connectivity index (χ0v) is 22.8. The zero-order valence-electron chi connectivity index (χ0n) is 22.8. The highest BCUT2D eigenvalue weighted by Gasteiger charge is 2.20. The molecule has 0 saturated carbocycles. The Bertz CT molecular complexity index is 1290. The van der Waals surface area contributed by atoms with Crippen LogP contribution in [0.3, 0.4) is 0 Å². The molecule has 0 radical (unpaired) electrons. The molecule has 0 unspecified atom stereocenters. The van der Waals surface area contributed by atoms with Gasteiger partial charge in [-0.05, 0) is 66.5 Å². The van der Waals surface area contributed by atoms with Gasteiger partial charge in [0, 0.05) is 25.4 Å². The summed E-state index contributed by atoms with van der Waals surface area (Å²) in [5.41, 5.74) is 4.79. The van der Waals surface area contributed by atoms with Gasteiger partial charge in [0.25, 0.3) is 0 Å². The first-order valence-corrected chi connectivity index (χ1v) is 14.0. The minimum Gasteiger partial charge on any atom is -0.481 e. The number of ether oxygens (including phenoxy) is 1. The first-order valence-electron chi connectivity index (χ1n) is 14.0. The van der Waals surface area contributed by atoms with Gasteiger partial charge >= 0.3 is 12.1 Å². The highest BCUT2D eigenvalue weighted by Crippen LogP contribution is 2.28. The number of rotatable bonds is 14. The van der Waals surface area contributed by atoms with Gasteiger partial charge in [0.15, 0.2) is 0 Å². The zero-order chi connectivity index (χ0) is 28.0. The summed E-state index contributed by atoms with van der Waals surface area (Å²) >= 11 is 0. The maximum Gasteiger partial charge on any atom is 0.415 e. The molecule has 0 bridgehead atoms. The molecule has 40 heavy (non-hydrogen) atoms. The van der Waals surface area contributed by atoms with Gasteiger partial charge in [-0.15, -0.1) is 0 Å². The number of carbonyl (C=O) groups excluding carboxylic acids is 1. The number of carboxylic acid groups (broad SMARTS) is 1. The number of aryl methyl sites for hydroxylation is 2. The number of benzene rings is 4. The van der Waals surface area contributed by atoms with Crippen LogP contribution in [0.25, 0.3) is 0 Å². The topological polar surface area (TPSA) is 66.8 Å². The Kier molecular flexibility index (Phi) is 10.9. The van der Waals surface area contributed by atoms with Gasteiger partial charge in [0.05, 0.1) is 0 Å². The molecule has 0 spiro atoms. The number of carbonyl (C=O) groups is 2. The Labute approximate surface area is 237 Å². The minimum atomic E-state index is -0.764. The van der Waals surface area contributed by atoms with Crippen molar-refractivity contribution in [1.82, 2.24) is 4.90 Å². The number of nitrogens with zero attached hydrogens (tertiary/aromatic N) is 1. The fourth-order valence-electron chi connectivity index (χ4n) is 4.99. The highest BCUT2D eigenvalue weighted by atomic mass is 16.6. The molecule has 4 rings (SSSR count). The van der Waals surface area contributed by atoms with Gasteiger partial charge in [-0.2, -0.15) is 0 Å². The molecule has 0 aliphatic carbocycles. The van der Waals surface area contributed by atoms with Crippen molar-refractivity contribution < 1.29 is 19.4 Å². The van der Waals surface area contributed by atoms with E-state index in [9.17, 15) is 9.59 Å². The predicted molar refractivity (Wildman–Crippen MR) is 159 cm³/mol. The van der Waals surface area contributed by atoms with Crippen LogP contribution in [-0.2, 0) is 17.6 Å². The molecular formula is C35H37NO4. The Balaban J connectivity index is 1.43. The molecule has 0 saturated heterocycles. The van der Waals surface area contributed by atoms with Crippen molar-refractivity contribution in [2.75, 3.05) is 13.1 Å². The number of carboxylic acids is 1. The molecule has 1 N–H and O–H groups in total. The van der Waals surface area contributed by atoms with Gasteiger partial charge in [-0.1, -0.05) is 103 Å². The van der Waals surface area contributed by atoms with Crippen molar-refractivity contribution in [3.05, 3.63) is 138 Å². The van der Waals surface area contributed by atoms with Crippen LogP contribution < -0.4 is 4.74 Å². The fraction of sp³-hybridized carbons (Fsp3) is 0.257. The van der Waals surface area contributed by atoms with Gasteiger partial charge in [-0.25, -0.2) is 4.79 Å². The summed E-state index contributed by atoms with van der Waals surface area (Å²) in [5, 5.41) is 8.92. The van der Waals surface area contributed by atoms with Crippen molar-refractivity contribution >= 4 is 12.1 Å². The molecule has 0 aromatic heterocycles. The van der Waals surface area contributed by atoms with Crippen LogP contribution in [0, 0.1) is 0 Å². The number of aliphatic carboxylic acids is 1. The second-order valence-electron chi connectivity index (χ2n) is 10.0. The van der Waals surface area contributed by atoms with Crippen LogP contribution in [0.4, 0.5) is 4.79 Å². The number of hydrogen-bond donors (Lipinski definition) is 1. The third kappa shape index (κ3) is 9.12. The van der Waals surface area contributed by atoms with E-state index >= 15 is 0 Å². The van der Waals surface area contributed by atoms with Crippen LogP contribution in [0.5, 0.6) is 5.75 Å². The molecule has 1 amide bonds. The molecule has 5 heteroatoms. The molecule has 0 aliphatic heterocycles. The van der Waals surface area contributed by atoms with Crippen molar-refractivity contribution in [1.29, 1.82) is 0 Å². The van der Waals surface area contributed by atoms with Crippen LogP contribution in [-0.4, -0.2) is 35.2 Å². The van der Waals surface area contributed by atoms with Gasteiger partial charge in [-0.3, -0.25) is 4.79 Å². The second kappa shape index (κ2) is 15.3. The third-order valence-electron chi connectivity index (χ3n) is 7.04. The smallest absolute Gasteiger partial charge is 0.415 e. The van der Waals surface area contributed by atoms with E-state index in [1.54, 1.807) is 12.1 Å². The summed E-state index contributed by atoms with van der Waals surface area (Å²) in [4.78, 5) is 26.0. The Morgan fingerprint density at radius 1 is 0.675 bits per heavy atom. The third-order valence-corrected chi connectivity index (χ3v) is 7.04. The second-order valence-corrected chi connectivity index (χ2v) is 10.0. The molecule has 4 aromatic carbocycles. The first kappa shape index (κ1) is 28.6. The maximum atomic E-state index is 13.3. The van der Waals surface area contributed by atoms with E-state index in [-0.39, 0.29) is 18.4 Å². The van der Waals surface area contributed by atoms with Crippen LogP contribution >= 0.6 is 0 Å². The van der Waals surface area contributed by atoms with E-state index in [1.165, 1.54) is 16.7 Å². The Morgan fingerprint density at radius 2 is 1.23 bits per heavy atom. The molecule has 0 atom stereocenters. The summed E-state index contributed by atoms with van der Waals surface area (Å²) < 4.78 is 5.74. The lowest BCUT2D eigenvalue weighted by Crippen LogP contribution is -2.36. The highest BCUT2D eigenvalue weighted by molar-refractivity contribution is 5.70. The fourth-order valence-corrected chi connectivity index (χ4v) is 4.99.